The number of thiophene rings is 2. The summed E-state index contributed by atoms with van der Waals surface area (Å²) in [6.07, 6.45) is 0. The molecule has 0 aliphatic rings. The molecule has 0 bridgehead atoms. The van der Waals surface area contributed by atoms with E-state index in [-0.39, 0.29) is 0 Å². The number of benzene rings is 3. The highest BCUT2D eigenvalue weighted by Crippen LogP contribution is 2.46. The maximum Gasteiger partial charge on any atom is 0.0440 e. The van der Waals surface area contributed by atoms with Crippen molar-refractivity contribution in [3.05, 3.63) is 68.9 Å². The third-order valence-electron chi connectivity index (χ3n) is 4.28. The van der Waals surface area contributed by atoms with Gasteiger partial charge in [-0.3, -0.25) is 0 Å². The van der Waals surface area contributed by atoms with E-state index < -0.39 is 0 Å². The largest absolute Gasteiger partial charge is 0.152 e. The minimum Gasteiger partial charge on any atom is -0.152 e. The molecule has 0 spiro atoms. The molecule has 5 aromatic rings. The number of hydrogen-bond donors (Lipinski definition) is 0. The third-order valence-corrected chi connectivity index (χ3v) is 7.29. The fraction of sp³-hybridized carbons (Fsp3) is 0. The summed E-state index contributed by atoms with van der Waals surface area (Å²) >= 11 is 6.20. The minimum atomic E-state index is 1.33. The van der Waals surface area contributed by atoms with Gasteiger partial charge in [0.1, 0.15) is 0 Å². The summed E-state index contributed by atoms with van der Waals surface area (Å²) in [5, 5.41) is 9.93. The average Bonchev–Trinajstić information content (AvgIpc) is 3.24. The first-order valence-electron chi connectivity index (χ1n) is 7.38. The van der Waals surface area contributed by atoms with Gasteiger partial charge in [0.05, 0.1) is 0 Å². The summed E-state index contributed by atoms with van der Waals surface area (Å²) in [4.78, 5) is 0. The van der Waals surface area contributed by atoms with Gasteiger partial charge in [-0.05, 0) is 56.4 Å². The minimum absolute atomic E-state index is 1.33. The zero-order valence-electron chi connectivity index (χ0n) is 12.0. The first-order chi connectivity index (χ1) is 11.3. The van der Waals surface area contributed by atoms with Crippen molar-refractivity contribution in [1.29, 1.82) is 0 Å². The molecule has 5 rings (SSSR count). The lowest BCUT2D eigenvalue weighted by Crippen LogP contribution is -1.86. The Kier molecular flexibility index (Phi) is 3.21. The van der Waals surface area contributed by atoms with Gasteiger partial charge in [0.2, 0.25) is 0 Å². The summed E-state index contributed by atoms with van der Waals surface area (Å²) < 4.78 is 4.13. The lowest BCUT2D eigenvalue weighted by Gasteiger charge is -2.10. The Labute approximate surface area is 155 Å². The van der Waals surface area contributed by atoms with Crippen molar-refractivity contribution < 1.29 is 0 Å². The van der Waals surface area contributed by atoms with E-state index >= 15 is 0 Å². The maximum absolute atomic E-state index is 2.53. The van der Waals surface area contributed by atoms with Crippen LogP contribution in [0, 0.1) is 3.57 Å². The molecule has 0 aliphatic heterocycles. The molecule has 110 valence electrons. The van der Waals surface area contributed by atoms with Gasteiger partial charge in [-0.15, -0.1) is 11.3 Å². The fourth-order valence-corrected chi connectivity index (χ4v) is 6.22. The molecule has 3 aromatic carbocycles. The molecule has 0 saturated carbocycles. The Hall–Kier alpha value is -1.43. The lowest BCUT2D eigenvalue weighted by molar-refractivity contribution is 1.74. The van der Waals surface area contributed by atoms with Crippen molar-refractivity contribution in [1.82, 2.24) is 0 Å². The van der Waals surface area contributed by atoms with E-state index in [2.05, 4.69) is 87.9 Å². The summed E-state index contributed by atoms with van der Waals surface area (Å²) in [6, 6.07) is 19.8. The Morgan fingerprint density at radius 3 is 2.30 bits per heavy atom. The smallest absolute Gasteiger partial charge is 0.0440 e. The van der Waals surface area contributed by atoms with Crippen molar-refractivity contribution in [2.24, 2.45) is 0 Å². The molecule has 2 aromatic heterocycles. The number of rotatable bonds is 1. The van der Waals surface area contributed by atoms with Crippen molar-refractivity contribution in [2.45, 2.75) is 0 Å². The van der Waals surface area contributed by atoms with Crippen molar-refractivity contribution in [3.63, 3.8) is 0 Å². The lowest BCUT2D eigenvalue weighted by atomic mass is 9.97. The van der Waals surface area contributed by atoms with Crippen LogP contribution in [0.25, 0.3) is 42.1 Å². The monoisotopic (exact) mass is 442 g/mol. The second-order valence-electron chi connectivity index (χ2n) is 5.55. The second kappa shape index (κ2) is 5.30. The van der Waals surface area contributed by atoms with Gasteiger partial charge in [0.25, 0.3) is 0 Å². The van der Waals surface area contributed by atoms with Crippen molar-refractivity contribution >= 4 is 76.2 Å². The van der Waals surface area contributed by atoms with Crippen LogP contribution in [0.5, 0.6) is 0 Å². The molecule has 0 N–H and O–H groups in total. The Morgan fingerprint density at radius 2 is 1.52 bits per heavy atom. The van der Waals surface area contributed by atoms with E-state index in [1.165, 1.54) is 45.6 Å². The van der Waals surface area contributed by atoms with Gasteiger partial charge in [-0.1, -0.05) is 42.5 Å². The van der Waals surface area contributed by atoms with Crippen LogP contribution >= 0.6 is 45.3 Å². The number of halogens is 1. The Morgan fingerprint density at radius 1 is 0.783 bits per heavy atom. The van der Waals surface area contributed by atoms with E-state index in [4.69, 9.17) is 0 Å². The first kappa shape index (κ1) is 14.0. The molecular formula is C20H11IS2. The molecule has 0 saturated heterocycles. The van der Waals surface area contributed by atoms with E-state index in [1.807, 2.05) is 11.3 Å². The van der Waals surface area contributed by atoms with Crippen LogP contribution in [-0.4, -0.2) is 0 Å². The first-order valence-corrected chi connectivity index (χ1v) is 10.2. The molecule has 2 heterocycles. The SMILES string of the molecule is Ic1c(-c2ccsc2)c2c3ccccc3sc2c2ccccc12. The van der Waals surface area contributed by atoms with Gasteiger partial charge in [0.15, 0.2) is 0 Å². The highest BCUT2D eigenvalue weighted by molar-refractivity contribution is 14.1. The molecule has 0 fully saturated rings. The highest BCUT2D eigenvalue weighted by atomic mass is 127. The summed E-state index contributed by atoms with van der Waals surface area (Å²) in [6.45, 7) is 0. The summed E-state index contributed by atoms with van der Waals surface area (Å²) in [7, 11) is 0. The number of hydrogen-bond acceptors (Lipinski definition) is 2. The van der Waals surface area contributed by atoms with Gasteiger partial charge in [-0.25, -0.2) is 0 Å². The maximum atomic E-state index is 2.53. The van der Waals surface area contributed by atoms with Crippen LogP contribution in [-0.2, 0) is 0 Å². The Balaban J connectivity index is 2.14. The molecule has 0 radical (unpaired) electrons. The number of fused-ring (bicyclic) bond motifs is 5. The van der Waals surface area contributed by atoms with Gasteiger partial charge < -0.3 is 0 Å². The highest BCUT2D eigenvalue weighted by Gasteiger charge is 2.18. The van der Waals surface area contributed by atoms with E-state index in [0.717, 1.165) is 0 Å². The Bertz CT molecular complexity index is 1170. The molecule has 3 heteroatoms. The van der Waals surface area contributed by atoms with Gasteiger partial charge >= 0.3 is 0 Å². The molecule has 0 nitrogen and oxygen atoms in total. The van der Waals surface area contributed by atoms with E-state index in [9.17, 15) is 0 Å². The quantitative estimate of drug-likeness (QED) is 0.235. The molecule has 0 unspecified atom stereocenters. The van der Waals surface area contributed by atoms with Crippen molar-refractivity contribution in [3.8, 4) is 11.1 Å². The molecule has 23 heavy (non-hydrogen) atoms. The van der Waals surface area contributed by atoms with Crippen LogP contribution in [0.4, 0.5) is 0 Å². The molecule has 0 atom stereocenters. The van der Waals surface area contributed by atoms with Crippen LogP contribution in [0.2, 0.25) is 0 Å². The molecule has 0 aliphatic carbocycles. The van der Waals surface area contributed by atoms with Crippen LogP contribution in [0.15, 0.2) is 65.4 Å². The van der Waals surface area contributed by atoms with E-state index in [1.54, 1.807) is 11.3 Å². The van der Waals surface area contributed by atoms with Gasteiger partial charge in [-0.2, -0.15) is 11.3 Å². The topological polar surface area (TPSA) is 0 Å². The van der Waals surface area contributed by atoms with Gasteiger partial charge in [0, 0.05) is 34.7 Å². The van der Waals surface area contributed by atoms with Crippen molar-refractivity contribution in [2.75, 3.05) is 0 Å². The zero-order chi connectivity index (χ0) is 15.4. The average molecular weight is 442 g/mol. The fourth-order valence-electron chi connectivity index (χ4n) is 3.28. The third kappa shape index (κ3) is 2.00. The predicted octanol–water partition coefficient (Wildman–Crippen LogP) is 7.54. The zero-order valence-corrected chi connectivity index (χ0v) is 15.8. The van der Waals surface area contributed by atoms with Crippen LogP contribution in [0.1, 0.15) is 0 Å². The van der Waals surface area contributed by atoms with Crippen LogP contribution in [0.3, 0.4) is 0 Å². The normalized spacial score (nSPS) is 11.7. The summed E-state index contributed by atoms with van der Waals surface area (Å²) in [5.74, 6) is 0. The molecular weight excluding hydrogens is 431 g/mol. The van der Waals surface area contributed by atoms with Crippen LogP contribution < -0.4 is 0 Å². The standard InChI is InChI=1S/C20H11IS2/c21-19-13-5-1-2-6-14(13)20-18(17(19)12-9-10-22-11-12)15-7-3-4-8-16(15)23-20/h1-11H. The second-order valence-corrected chi connectivity index (χ2v) is 8.46. The predicted molar refractivity (Wildman–Crippen MR) is 113 cm³/mol. The van der Waals surface area contributed by atoms with E-state index in [0.29, 0.717) is 0 Å². The summed E-state index contributed by atoms with van der Waals surface area (Å²) in [5.41, 5.74) is 2.72. The molecule has 0 amide bonds.